The van der Waals surface area contributed by atoms with Crippen LogP contribution in [-0.4, -0.2) is 57.1 Å². The summed E-state index contributed by atoms with van der Waals surface area (Å²) in [6, 6.07) is -0.376. The number of aromatic nitrogens is 2. The van der Waals surface area contributed by atoms with E-state index in [9.17, 15) is 18.0 Å². The van der Waals surface area contributed by atoms with Gasteiger partial charge in [-0.3, -0.25) is 14.5 Å². The first-order chi connectivity index (χ1) is 12.3. The van der Waals surface area contributed by atoms with E-state index in [1.807, 2.05) is 13.8 Å². The summed E-state index contributed by atoms with van der Waals surface area (Å²) in [7, 11) is -3.67. The second-order valence-electron chi connectivity index (χ2n) is 7.76. The van der Waals surface area contributed by atoms with Crippen LogP contribution in [0.1, 0.15) is 58.4 Å². The van der Waals surface area contributed by atoms with Crippen molar-refractivity contribution >= 4 is 21.8 Å². The largest absolute Gasteiger partial charge is 0.334 e. The highest BCUT2D eigenvalue weighted by Gasteiger charge is 2.51. The molecular weight excluding hydrogens is 356 g/mol. The number of sulfonamides is 1. The van der Waals surface area contributed by atoms with E-state index < -0.39 is 10.0 Å². The zero-order chi connectivity index (χ0) is 18.6. The molecule has 3 fully saturated rings. The molecule has 8 nitrogen and oxygen atoms in total. The minimum absolute atomic E-state index is 0.0786. The van der Waals surface area contributed by atoms with E-state index in [1.165, 1.54) is 4.90 Å². The number of imide groups is 1. The van der Waals surface area contributed by atoms with Gasteiger partial charge in [0.15, 0.2) is 5.03 Å². The van der Waals surface area contributed by atoms with Crippen molar-refractivity contribution in [3.8, 4) is 0 Å². The van der Waals surface area contributed by atoms with Crippen molar-refractivity contribution in [1.82, 2.24) is 18.8 Å². The van der Waals surface area contributed by atoms with Crippen LogP contribution in [0.15, 0.2) is 17.6 Å². The van der Waals surface area contributed by atoms with Crippen molar-refractivity contribution in [3.63, 3.8) is 0 Å². The maximum absolute atomic E-state index is 13.1. The SMILES string of the molecule is CC(C)n1cnc(S(=O)(=O)N2[C@H]3CC[C@H]2CC(N2C(=O)CCC2=O)C3)c1. The molecule has 0 aliphatic carbocycles. The molecule has 4 rings (SSSR count). The van der Waals surface area contributed by atoms with Gasteiger partial charge in [0.05, 0.1) is 6.33 Å². The molecule has 0 unspecified atom stereocenters. The molecule has 0 spiro atoms. The summed E-state index contributed by atoms with van der Waals surface area (Å²) in [6.07, 6.45) is 6.27. The first-order valence-electron chi connectivity index (χ1n) is 9.21. The monoisotopic (exact) mass is 380 g/mol. The fourth-order valence-electron chi connectivity index (χ4n) is 4.55. The maximum Gasteiger partial charge on any atom is 0.262 e. The van der Waals surface area contributed by atoms with Gasteiger partial charge in [-0.15, -0.1) is 0 Å². The van der Waals surface area contributed by atoms with Gasteiger partial charge in [-0.25, -0.2) is 13.4 Å². The number of piperidine rings is 1. The summed E-state index contributed by atoms with van der Waals surface area (Å²) in [5, 5.41) is 0.0786. The Morgan fingerprint density at radius 2 is 1.62 bits per heavy atom. The highest BCUT2D eigenvalue weighted by atomic mass is 32.2. The molecule has 3 saturated heterocycles. The van der Waals surface area contributed by atoms with Crippen LogP contribution in [0.2, 0.25) is 0 Å². The lowest BCUT2D eigenvalue weighted by Gasteiger charge is -2.40. The summed E-state index contributed by atoms with van der Waals surface area (Å²) >= 11 is 0. The Morgan fingerprint density at radius 1 is 1.04 bits per heavy atom. The molecule has 3 aliphatic heterocycles. The predicted molar refractivity (Wildman–Crippen MR) is 92.6 cm³/mol. The van der Waals surface area contributed by atoms with Crippen molar-refractivity contribution < 1.29 is 18.0 Å². The highest BCUT2D eigenvalue weighted by Crippen LogP contribution is 2.41. The zero-order valence-electron chi connectivity index (χ0n) is 15.0. The number of carbonyl (C=O) groups is 2. The van der Waals surface area contributed by atoms with E-state index in [4.69, 9.17) is 0 Å². The van der Waals surface area contributed by atoms with Crippen LogP contribution in [0.25, 0.3) is 0 Å². The third-order valence-electron chi connectivity index (χ3n) is 5.81. The molecule has 9 heteroatoms. The minimum atomic E-state index is -3.67. The van der Waals surface area contributed by atoms with Crippen molar-refractivity contribution in [2.75, 3.05) is 0 Å². The second-order valence-corrected chi connectivity index (χ2v) is 9.55. The second kappa shape index (κ2) is 6.16. The number of hydrogen-bond acceptors (Lipinski definition) is 5. The normalized spacial score (nSPS) is 30.0. The van der Waals surface area contributed by atoms with E-state index in [0.29, 0.717) is 12.8 Å². The molecule has 1 aromatic rings. The number of nitrogens with zero attached hydrogens (tertiary/aromatic N) is 4. The van der Waals surface area contributed by atoms with Crippen LogP contribution in [0, 0.1) is 0 Å². The van der Waals surface area contributed by atoms with Crippen LogP contribution in [0.4, 0.5) is 0 Å². The van der Waals surface area contributed by atoms with Crippen LogP contribution in [0.3, 0.4) is 0 Å². The van der Waals surface area contributed by atoms with Crippen LogP contribution >= 0.6 is 0 Å². The summed E-state index contributed by atoms with van der Waals surface area (Å²) in [5.74, 6) is -0.238. The summed E-state index contributed by atoms with van der Waals surface area (Å²) in [5.41, 5.74) is 0. The molecule has 4 heterocycles. The maximum atomic E-state index is 13.1. The number of hydrogen-bond donors (Lipinski definition) is 0. The zero-order valence-corrected chi connectivity index (χ0v) is 15.9. The molecule has 3 aliphatic rings. The molecule has 0 saturated carbocycles. The van der Waals surface area contributed by atoms with Gasteiger partial charge in [-0.2, -0.15) is 4.31 Å². The summed E-state index contributed by atoms with van der Waals surface area (Å²) < 4.78 is 29.7. The molecule has 26 heavy (non-hydrogen) atoms. The quantitative estimate of drug-likeness (QED) is 0.734. The summed E-state index contributed by atoms with van der Waals surface area (Å²) in [6.45, 7) is 3.94. The fourth-order valence-corrected chi connectivity index (χ4v) is 6.37. The lowest BCUT2D eigenvalue weighted by molar-refractivity contribution is -0.142. The van der Waals surface area contributed by atoms with Gasteiger partial charge in [-0.1, -0.05) is 0 Å². The Kier molecular flexibility index (Phi) is 4.18. The van der Waals surface area contributed by atoms with Gasteiger partial charge in [0.1, 0.15) is 0 Å². The first kappa shape index (κ1) is 17.7. The molecule has 0 aromatic carbocycles. The molecule has 0 N–H and O–H groups in total. The molecule has 2 amide bonds. The van der Waals surface area contributed by atoms with Gasteiger partial charge < -0.3 is 4.57 Å². The van der Waals surface area contributed by atoms with E-state index in [1.54, 1.807) is 21.4 Å². The number of amides is 2. The first-order valence-corrected chi connectivity index (χ1v) is 10.6. The highest BCUT2D eigenvalue weighted by molar-refractivity contribution is 7.89. The lowest BCUT2D eigenvalue weighted by atomic mass is 9.98. The molecule has 142 valence electrons. The number of carbonyl (C=O) groups excluding carboxylic acids is 2. The molecule has 0 radical (unpaired) electrons. The van der Waals surface area contributed by atoms with Crippen LogP contribution in [-0.2, 0) is 19.6 Å². The van der Waals surface area contributed by atoms with Crippen molar-refractivity contribution in [1.29, 1.82) is 0 Å². The van der Waals surface area contributed by atoms with Gasteiger partial charge in [0.25, 0.3) is 10.0 Å². The lowest BCUT2D eigenvalue weighted by Crippen LogP contribution is -2.53. The molecular formula is C17H24N4O4S. The smallest absolute Gasteiger partial charge is 0.262 e. The predicted octanol–water partition coefficient (Wildman–Crippen LogP) is 1.30. The fraction of sp³-hybridized carbons (Fsp3) is 0.706. The van der Waals surface area contributed by atoms with Crippen LogP contribution < -0.4 is 0 Å². The van der Waals surface area contributed by atoms with Gasteiger partial charge >= 0.3 is 0 Å². The van der Waals surface area contributed by atoms with E-state index in [-0.39, 0.29) is 53.8 Å². The van der Waals surface area contributed by atoms with Crippen LogP contribution in [0.5, 0.6) is 0 Å². The average molecular weight is 380 g/mol. The Labute approximate surface area is 153 Å². The molecule has 1 aromatic heterocycles. The minimum Gasteiger partial charge on any atom is -0.334 e. The van der Waals surface area contributed by atoms with Gasteiger partial charge in [0, 0.05) is 43.2 Å². The Bertz CT molecular complexity index is 817. The molecule has 2 bridgehead atoms. The topological polar surface area (TPSA) is 92.6 Å². The number of fused-ring (bicyclic) bond motifs is 2. The Balaban J connectivity index is 1.58. The number of likely N-dealkylation sites (tertiary alicyclic amines) is 1. The van der Waals surface area contributed by atoms with Crippen molar-refractivity contribution in [3.05, 3.63) is 12.5 Å². The Morgan fingerprint density at radius 3 is 2.12 bits per heavy atom. The molecule has 2 atom stereocenters. The van der Waals surface area contributed by atoms with E-state index >= 15 is 0 Å². The van der Waals surface area contributed by atoms with E-state index in [2.05, 4.69) is 4.98 Å². The van der Waals surface area contributed by atoms with Crippen molar-refractivity contribution in [2.24, 2.45) is 0 Å². The summed E-state index contributed by atoms with van der Waals surface area (Å²) in [4.78, 5) is 29.6. The van der Waals surface area contributed by atoms with E-state index in [0.717, 1.165) is 12.8 Å². The Hall–Kier alpha value is -1.74. The van der Waals surface area contributed by atoms with Gasteiger partial charge in [-0.05, 0) is 39.5 Å². The average Bonchev–Trinajstić information content (AvgIpc) is 3.26. The third kappa shape index (κ3) is 2.68. The van der Waals surface area contributed by atoms with Gasteiger partial charge in [0.2, 0.25) is 11.8 Å². The standard InChI is InChI=1S/C17H24N4O4S/c1-11(2)19-9-15(18-10-19)26(24,25)21-12-3-4-13(21)8-14(7-12)20-16(22)5-6-17(20)23/h9-14H,3-8H2,1-2H3/t12-,13-/m0/s1. The number of rotatable bonds is 4. The number of imidazole rings is 1. The van der Waals surface area contributed by atoms with Crippen molar-refractivity contribution in [2.45, 2.75) is 81.6 Å². The third-order valence-corrected chi connectivity index (χ3v) is 7.70.